The summed E-state index contributed by atoms with van der Waals surface area (Å²) in [5.41, 5.74) is 9.16. The predicted molar refractivity (Wildman–Crippen MR) is 161 cm³/mol. The van der Waals surface area contributed by atoms with Crippen LogP contribution in [-0.2, 0) is 0 Å². The van der Waals surface area contributed by atoms with Crippen molar-refractivity contribution in [1.82, 2.24) is 24.5 Å². The molecule has 9 heteroatoms. The van der Waals surface area contributed by atoms with Gasteiger partial charge < -0.3 is 10.6 Å². The van der Waals surface area contributed by atoms with Gasteiger partial charge in [0.25, 0.3) is 0 Å². The molecule has 2 aromatic heterocycles. The molecule has 2 atom stereocenters. The van der Waals surface area contributed by atoms with Gasteiger partial charge in [-0.15, -0.1) is 0 Å². The molecule has 2 N–H and O–H groups in total. The molecule has 0 spiro atoms. The molecule has 216 valence electrons. The van der Waals surface area contributed by atoms with Crippen molar-refractivity contribution in [3.8, 4) is 0 Å². The Kier molecular flexibility index (Phi) is 9.46. The lowest BCUT2D eigenvalue weighted by Crippen LogP contribution is -2.34. The number of rotatable bonds is 7. The van der Waals surface area contributed by atoms with Gasteiger partial charge in [0.1, 0.15) is 12.4 Å². The third-order valence-electron chi connectivity index (χ3n) is 8.58. The maximum Gasteiger partial charge on any atom is 0.307 e. The minimum atomic E-state index is -0.383. The Bertz CT molecular complexity index is 1360. The van der Waals surface area contributed by atoms with E-state index in [1.807, 2.05) is 29.1 Å². The topological polar surface area (TPSA) is 108 Å². The van der Waals surface area contributed by atoms with Crippen LogP contribution in [0.2, 0.25) is 0 Å². The number of hydrogen-bond acceptors (Lipinski definition) is 6. The molecule has 2 fully saturated rings. The molecule has 4 aromatic rings. The molecule has 2 unspecified atom stereocenters. The van der Waals surface area contributed by atoms with Gasteiger partial charge in [-0.05, 0) is 68.8 Å². The Morgan fingerprint density at radius 2 is 1.29 bits per heavy atom. The SMILES string of the molecule is CN1CCC(C(c2ccccc2)n2cc(N)cn2)CC1.O=[N+]([O-])c1cnn(C(c2ccccc2)C2CCCCC2)c1. The molecule has 6 rings (SSSR count). The van der Waals surface area contributed by atoms with Crippen molar-refractivity contribution in [2.24, 2.45) is 11.8 Å². The van der Waals surface area contributed by atoms with Gasteiger partial charge >= 0.3 is 5.69 Å². The quantitative estimate of drug-likeness (QED) is 0.210. The lowest BCUT2D eigenvalue weighted by atomic mass is 9.81. The largest absolute Gasteiger partial charge is 0.396 e. The molecule has 1 saturated heterocycles. The molecule has 3 heterocycles. The van der Waals surface area contributed by atoms with E-state index in [4.69, 9.17) is 5.73 Å². The van der Waals surface area contributed by atoms with Gasteiger partial charge in [-0.1, -0.05) is 79.9 Å². The molecule has 0 radical (unpaired) electrons. The number of likely N-dealkylation sites (tertiary alicyclic amines) is 1. The predicted octanol–water partition coefficient (Wildman–Crippen LogP) is 6.36. The van der Waals surface area contributed by atoms with Crippen LogP contribution in [0.15, 0.2) is 85.5 Å². The van der Waals surface area contributed by atoms with Crippen molar-refractivity contribution >= 4 is 11.4 Å². The highest BCUT2D eigenvalue weighted by Gasteiger charge is 2.29. The first-order chi connectivity index (χ1) is 20.0. The fourth-order valence-electron chi connectivity index (χ4n) is 6.46. The summed E-state index contributed by atoms with van der Waals surface area (Å²) in [5, 5.41) is 19.6. The summed E-state index contributed by atoms with van der Waals surface area (Å²) in [5.74, 6) is 1.12. The molecule has 41 heavy (non-hydrogen) atoms. The van der Waals surface area contributed by atoms with E-state index in [1.165, 1.54) is 49.4 Å². The monoisotopic (exact) mass is 555 g/mol. The minimum Gasteiger partial charge on any atom is -0.396 e. The first-order valence-corrected chi connectivity index (χ1v) is 14.8. The summed E-state index contributed by atoms with van der Waals surface area (Å²) in [7, 11) is 2.19. The zero-order valence-corrected chi connectivity index (χ0v) is 23.8. The van der Waals surface area contributed by atoms with E-state index in [0.717, 1.165) is 31.6 Å². The second-order valence-corrected chi connectivity index (χ2v) is 11.4. The van der Waals surface area contributed by atoms with Crippen LogP contribution < -0.4 is 5.73 Å². The van der Waals surface area contributed by atoms with Crippen molar-refractivity contribution < 1.29 is 4.92 Å². The van der Waals surface area contributed by atoms with E-state index in [1.54, 1.807) is 17.1 Å². The number of nitrogen functional groups attached to an aromatic ring is 1. The number of nitro groups is 1. The van der Waals surface area contributed by atoms with E-state index in [0.29, 0.717) is 17.9 Å². The van der Waals surface area contributed by atoms with Gasteiger partial charge in [0.15, 0.2) is 0 Å². The van der Waals surface area contributed by atoms with E-state index in [2.05, 4.69) is 64.6 Å². The summed E-state index contributed by atoms with van der Waals surface area (Å²) >= 11 is 0. The summed E-state index contributed by atoms with van der Waals surface area (Å²) in [6.07, 6.45) is 15.1. The average Bonchev–Trinajstić information content (AvgIpc) is 3.66. The van der Waals surface area contributed by atoms with Gasteiger partial charge in [-0.25, -0.2) is 0 Å². The number of nitrogens with zero attached hydrogens (tertiary/aromatic N) is 6. The van der Waals surface area contributed by atoms with Crippen molar-refractivity contribution in [1.29, 1.82) is 0 Å². The van der Waals surface area contributed by atoms with Crippen LogP contribution in [0.5, 0.6) is 0 Å². The maximum atomic E-state index is 10.9. The molecule has 1 saturated carbocycles. The van der Waals surface area contributed by atoms with Gasteiger partial charge in [-0.2, -0.15) is 10.2 Å². The number of piperidine rings is 1. The molecule has 0 amide bonds. The van der Waals surface area contributed by atoms with Crippen LogP contribution in [0.25, 0.3) is 0 Å². The smallest absolute Gasteiger partial charge is 0.307 e. The molecule has 2 aromatic carbocycles. The molecular weight excluding hydrogens is 514 g/mol. The fraction of sp³-hybridized carbons (Fsp3) is 0.438. The highest BCUT2D eigenvalue weighted by Crippen LogP contribution is 2.37. The van der Waals surface area contributed by atoms with Crippen LogP contribution in [0.4, 0.5) is 11.4 Å². The summed E-state index contributed by atoms with van der Waals surface area (Å²) < 4.78 is 3.82. The number of nitrogens with two attached hydrogens (primary N) is 1. The third-order valence-corrected chi connectivity index (χ3v) is 8.58. The van der Waals surface area contributed by atoms with Gasteiger partial charge in [0.05, 0.1) is 28.9 Å². The third kappa shape index (κ3) is 7.21. The Morgan fingerprint density at radius 1 is 0.780 bits per heavy atom. The highest BCUT2D eigenvalue weighted by molar-refractivity contribution is 5.32. The molecule has 0 bridgehead atoms. The van der Waals surface area contributed by atoms with E-state index >= 15 is 0 Å². The number of anilines is 1. The Labute approximate surface area is 242 Å². The molecule has 9 nitrogen and oxygen atoms in total. The molecule has 2 aliphatic rings. The van der Waals surface area contributed by atoms with Crippen LogP contribution in [0.1, 0.15) is 68.2 Å². The number of aromatic nitrogens is 4. The number of benzene rings is 2. The van der Waals surface area contributed by atoms with Crippen LogP contribution in [0.3, 0.4) is 0 Å². The zero-order chi connectivity index (χ0) is 28.6. The second kappa shape index (κ2) is 13.6. The van der Waals surface area contributed by atoms with Crippen molar-refractivity contribution in [3.63, 3.8) is 0 Å². The molecule has 1 aliphatic heterocycles. The summed E-state index contributed by atoms with van der Waals surface area (Å²) in [6, 6.07) is 21.3. The minimum absolute atomic E-state index is 0.0618. The normalized spacial score (nSPS) is 18.3. The summed E-state index contributed by atoms with van der Waals surface area (Å²) in [4.78, 5) is 12.9. The van der Waals surface area contributed by atoms with Crippen molar-refractivity contribution in [2.75, 3.05) is 25.9 Å². The van der Waals surface area contributed by atoms with E-state index in [-0.39, 0.29) is 16.7 Å². The van der Waals surface area contributed by atoms with Crippen LogP contribution in [-0.4, -0.2) is 49.5 Å². The lowest BCUT2D eigenvalue weighted by molar-refractivity contribution is -0.385. The molecule has 1 aliphatic carbocycles. The first kappa shape index (κ1) is 28.5. The highest BCUT2D eigenvalue weighted by atomic mass is 16.6. The average molecular weight is 556 g/mol. The Morgan fingerprint density at radius 3 is 1.78 bits per heavy atom. The lowest BCUT2D eigenvalue weighted by Gasteiger charge is -2.34. The van der Waals surface area contributed by atoms with E-state index in [9.17, 15) is 10.1 Å². The van der Waals surface area contributed by atoms with E-state index < -0.39 is 0 Å². The van der Waals surface area contributed by atoms with Gasteiger partial charge in [0.2, 0.25) is 0 Å². The van der Waals surface area contributed by atoms with Crippen molar-refractivity contribution in [3.05, 3.63) is 107 Å². The van der Waals surface area contributed by atoms with Crippen LogP contribution >= 0.6 is 0 Å². The first-order valence-electron chi connectivity index (χ1n) is 14.8. The van der Waals surface area contributed by atoms with Gasteiger partial charge in [0, 0.05) is 6.20 Å². The fourth-order valence-corrected chi connectivity index (χ4v) is 6.46. The second-order valence-electron chi connectivity index (χ2n) is 11.4. The number of hydrogen-bond donors (Lipinski definition) is 1. The Hall–Kier alpha value is -3.98. The van der Waals surface area contributed by atoms with Gasteiger partial charge in [-0.3, -0.25) is 19.5 Å². The summed E-state index contributed by atoms with van der Waals surface area (Å²) in [6.45, 7) is 2.31. The standard InChI is InChI=1S/C16H22N4.C16H19N3O2/c1-19-9-7-14(8-10-19)16(13-5-3-2-4-6-13)20-12-15(17)11-18-20;20-19(21)15-11-17-18(12-15)16(13-7-3-1-4-8-13)14-9-5-2-6-10-14/h2-6,11-12,14,16H,7-10,17H2,1H3;1,3-4,7-8,11-12,14,16H,2,5-6,9-10H2. The maximum absolute atomic E-state index is 10.9. The van der Waals surface area contributed by atoms with Crippen LogP contribution in [0, 0.1) is 22.0 Å². The Balaban J connectivity index is 0.000000165. The zero-order valence-electron chi connectivity index (χ0n) is 23.8. The van der Waals surface area contributed by atoms with Crippen molar-refractivity contribution in [2.45, 2.75) is 57.0 Å². The molecular formula is C32H41N7O2.